The predicted octanol–water partition coefficient (Wildman–Crippen LogP) is 4.49. The van der Waals surface area contributed by atoms with Crippen molar-refractivity contribution in [2.24, 2.45) is 17.8 Å². The number of hydrogen-bond acceptors (Lipinski definition) is 4. The summed E-state index contributed by atoms with van der Waals surface area (Å²) in [5.41, 5.74) is 0.277. The van der Waals surface area contributed by atoms with E-state index >= 15 is 0 Å². The van der Waals surface area contributed by atoms with Gasteiger partial charge in [-0.25, -0.2) is 9.59 Å². The molecule has 0 aliphatic heterocycles. The van der Waals surface area contributed by atoms with Crippen LogP contribution in [0.1, 0.15) is 48.0 Å². The van der Waals surface area contributed by atoms with Crippen LogP contribution in [-0.4, -0.2) is 39.1 Å². The minimum Gasteiger partial charge on any atom is -0.516 e. The normalized spacial score (nSPS) is 13.8. The number of carboxylic acid groups (broad SMARTS) is 1. The fourth-order valence-corrected chi connectivity index (χ4v) is 9.93. The molecule has 0 aromatic carbocycles. The molecule has 25 heavy (non-hydrogen) atoms. The zero-order valence-electron chi connectivity index (χ0n) is 16.9. The summed E-state index contributed by atoms with van der Waals surface area (Å²) in [5, 5.41) is 8.77. The number of carboxylic acids is 1. The zero-order chi connectivity index (χ0) is 19.6. The highest BCUT2D eigenvalue weighted by Gasteiger charge is 2.47. The quantitative estimate of drug-likeness (QED) is 0.403. The van der Waals surface area contributed by atoms with E-state index in [-0.39, 0.29) is 5.54 Å². The maximum Gasteiger partial charge on any atom is 0.328 e. The molecule has 6 heteroatoms. The van der Waals surface area contributed by atoms with Gasteiger partial charge in [-0.2, -0.15) is 0 Å². The number of ether oxygens (including phenoxy) is 1. The van der Waals surface area contributed by atoms with Gasteiger partial charge in [0.25, 0.3) is 8.32 Å². The Balaban J connectivity index is 5.81. The van der Waals surface area contributed by atoms with Gasteiger partial charge in [0, 0.05) is 25.9 Å². The second kappa shape index (κ2) is 11.5. The van der Waals surface area contributed by atoms with Crippen molar-refractivity contribution in [3.8, 4) is 0 Å². The van der Waals surface area contributed by atoms with Gasteiger partial charge in [-0.15, -0.1) is 0 Å². The van der Waals surface area contributed by atoms with Crippen molar-refractivity contribution in [2.75, 3.05) is 13.7 Å². The molecule has 0 aromatic heterocycles. The lowest BCUT2D eigenvalue weighted by molar-refractivity contribution is -0.133. The van der Waals surface area contributed by atoms with Gasteiger partial charge in [0.05, 0.1) is 0 Å². The Bertz CT molecular complexity index is 433. The molecule has 0 saturated carbocycles. The van der Waals surface area contributed by atoms with Gasteiger partial charge in [0.15, 0.2) is 0 Å². The molecule has 0 aromatic rings. The summed E-state index contributed by atoms with van der Waals surface area (Å²) in [6, 6.07) is 1.76. The number of carbonyl (C=O) groups is 2. The molecule has 0 amide bonds. The summed E-state index contributed by atoms with van der Waals surface area (Å²) < 4.78 is 11.4. The molecule has 0 aliphatic carbocycles. The average Bonchev–Trinajstić information content (AvgIpc) is 2.43. The predicted molar refractivity (Wildman–Crippen MR) is 103 cm³/mol. The standard InChI is InChI=1S/C19H36O5Si/c1-14(2)12-25(13-15(3)4,17(16(5)6)10-11-23-7)24-19(22)9-8-18(20)21/h8-9,14-17H,10-13H2,1-7H3,(H,20,21)/b9-8-. The second-order valence-electron chi connectivity index (χ2n) is 7.99. The monoisotopic (exact) mass is 372 g/mol. The topological polar surface area (TPSA) is 72.8 Å². The maximum atomic E-state index is 12.4. The van der Waals surface area contributed by atoms with Crippen LogP contribution in [0.5, 0.6) is 0 Å². The van der Waals surface area contributed by atoms with Crippen molar-refractivity contribution in [1.82, 2.24) is 0 Å². The first-order chi connectivity index (χ1) is 11.5. The van der Waals surface area contributed by atoms with E-state index in [1.165, 1.54) is 0 Å². The van der Waals surface area contributed by atoms with Gasteiger partial charge in [0.1, 0.15) is 0 Å². The molecule has 5 nitrogen and oxygen atoms in total. The van der Waals surface area contributed by atoms with Crippen molar-refractivity contribution < 1.29 is 23.9 Å². The zero-order valence-corrected chi connectivity index (χ0v) is 17.9. The van der Waals surface area contributed by atoms with Crippen LogP contribution in [0.3, 0.4) is 0 Å². The van der Waals surface area contributed by atoms with Gasteiger partial charge in [0.2, 0.25) is 0 Å². The Labute approximate surface area is 153 Å². The number of rotatable bonds is 12. The molecule has 1 unspecified atom stereocenters. The van der Waals surface area contributed by atoms with Crippen LogP contribution in [0.15, 0.2) is 12.2 Å². The number of methoxy groups -OCH3 is 1. The van der Waals surface area contributed by atoms with Crippen molar-refractivity contribution in [3.63, 3.8) is 0 Å². The highest BCUT2D eigenvalue weighted by Crippen LogP contribution is 2.43. The summed E-state index contributed by atoms with van der Waals surface area (Å²) in [4.78, 5) is 23.1. The van der Waals surface area contributed by atoms with Gasteiger partial charge >= 0.3 is 11.9 Å². The summed E-state index contributed by atoms with van der Waals surface area (Å²) in [7, 11) is -0.773. The van der Waals surface area contributed by atoms with Crippen LogP contribution in [0.4, 0.5) is 0 Å². The van der Waals surface area contributed by atoms with Crippen molar-refractivity contribution in [1.29, 1.82) is 0 Å². The number of carbonyl (C=O) groups excluding carboxylic acids is 1. The molecule has 0 bridgehead atoms. The first kappa shape index (κ1) is 23.9. The van der Waals surface area contributed by atoms with Crippen LogP contribution in [0.2, 0.25) is 17.6 Å². The number of hydrogen-bond donors (Lipinski definition) is 1. The third-order valence-corrected chi connectivity index (χ3v) is 10.2. The van der Waals surface area contributed by atoms with E-state index < -0.39 is 20.3 Å². The first-order valence-corrected chi connectivity index (χ1v) is 11.6. The van der Waals surface area contributed by atoms with Gasteiger partial charge in [-0.3, -0.25) is 0 Å². The Hall–Kier alpha value is -1.14. The lowest BCUT2D eigenvalue weighted by Crippen LogP contribution is -2.49. The fraction of sp³-hybridized carbons (Fsp3) is 0.789. The van der Waals surface area contributed by atoms with Crippen molar-refractivity contribution in [2.45, 2.75) is 65.6 Å². The summed E-state index contributed by atoms with van der Waals surface area (Å²) >= 11 is 0. The van der Waals surface area contributed by atoms with E-state index in [1.807, 2.05) is 0 Å². The average molecular weight is 373 g/mol. The fourth-order valence-electron chi connectivity index (χ4n) is 3.75. The molecule has 146 valence electrons. The van der Waals surface area contributed by atoms with Crippen LogP contribution in [0.25, 0.3) is 0 Å². The van der Waals surface area contributed by atoms with Crippen LogP contribution in [-0.2, 0) is 18.8 Å². The summed E-state index contributed by atoms with van der Waals surface area (Å²) in [6.45, 7) is 13.6. The van der Waals surface area contributed by atoms with Crippen molar-refractivity contribution >= 4 is 20.3 Å². The molecule has 0 rings (SSSR count). The third kappa shape index (κ3) is 9.21. The Morgan fingerprint density at radius 1 is 1.00 bits per heavy atom. The molecule has 0 aliphatic rings. The SMILES string of the molecule is COCCC(C(C)C)[Si](CC(C)C)(CC(C)C)OC(=O)/C=C\C(=O)O. The molecular formula is C19H36O5Si. The molecule has 0 radical (unpaired) electrons. The van der Waals surface area contributed by atoms with E-state index in [1.54, 1.807) is 7.11 Å². The lowest BCUT2D eigenvalue weighted by atomic mass is 10.1. The summed E-state index contributed by atoms with van der Waals surface area (Å²) in [6.07, 6.45) is 2.75. The Morgan fingerprint density at radius 3 is 1.88 bits per heavy atom. The molecular weight excluding hydrogens is 336 g/mol. The van der Waals surface area contributed by atoms with Gasteiger partial charge < -0.3 is 14.3 Å². The van der Waals surface area contributed by atoms with E-state index in [2.05, 4.69) is 41.5 Å². The minimum atomic E-state index is -2.46. The molecule has 0 fully saturated rings. The maximum absolute atomic E-state index is 12.4. The van der Waals surface area contributed by atoms with E-state index in [0.29, 0.717) is 24.4 Å². The van der Waals surface area contributed by atoms with Gasteiger partial charge in [-0.1, -0.05) is 41.5 Å². The molecule has 1 atom stereocenters. The molecule has 0 spiro atoms. The second-order valence-corrected chi connectivity index (χ2v) is 11.9. The van der Waals surface area contributed by atoms with E-state index in [4.69, 9.17) is 14.3 Å². The van der Waals surface area contributed by atoms with Crippen molar-refractivity contribution in [3.05, 3.63) is 12.2 Å². The van der Waals surface area contributed by atoms with Crippen LogP contribution < -0.4 is 0 Å². The van der Waals surface area contributed by atoms with Gasteiger partial charge in [-0.05, 0) is 41.8 Å². The Morgan fingerprint density at radius 2 is 1.52 bits per heavy atom. The molecule has 1 N–H and O–H groups in total. The molecule has 0 heterocycles. The highest BCUT2D eigenvalue weighted by atomic mass is 28.4. The van der Waals surface area contributed by atoms with E-state index in [0.717, 1.165) is 30.7 Å². The third-order valence-electron chi connectivity index (χ3n) is 4.29. The van der Waals surface area contributed by atoms with E-state index in [9.17, 15) is 9.59 Å². The minimum absolute atomic E-state index is 0.277. The smallest absolute Gasteiger partial charge is 0.328 e. The first-order valence-electron chi connectivity index (χ1n) is 9.17. The summed E-state index contributed by atoms with van der Waals surface area (Å²) in [5.74, 6) is -0.485. The largest absolute Gasteiger partial charge is 0.516 e. The number of aliphatic carboxylic acids is 1. The highest BCUT2D eigenvalue weighted by molar-refractivity contribution is 6.76. The van der Waals surface area contributed by atoms with Crippen LogP contribution >= 0.6 is 0 Å². The lowest BCUT2D eigenvalue weighted by Gasteiger charge is -2.42. The molecule has 0 saturated heterocycles. The Kier molecular flexibility index (Phi) is 10.9. The van der Waals surface area contributed by atoms with Crippen LogP contribution in [0, 0.1) is 17.8 Å².